The van der Waals surface area contributed by atoms with Crippen LogP contribution in [0.15, 0.2) is 36.5 Å². The molecular formula is C13H9I2NO5S2. The Morgan fingerprint density at radius 3 is 2.52 bits per heavy atom. The van der Waals surface area contributed by atoms with E-state index in [0.717, 1.165) is 18.4 Å². The Morgan fingerprint density at radius 1 is 1.17 bits per heavy atom. The van der Waals surface area contributed by atoms with Gasteiger partial charge in [-0.1, -0.05) is 6.07 Å². The maximum absolute atomic E-state index is 11.6. The number of carboxylic acids is 1. The summed E-state index contributed by atoms with van der Waals surface area (Å²) in [7, 11) is 2.12. The summed E-state index contributed by atoms with van der Waals surface area (Å²) >= 11 is 3.88. The SMILES string of the molecule is O=C(O)c1c(OCc2ccccn2)cc(OSI)cc1OSI. The third-order valence-corrected chi connectivity index (χ3v) is 4.18. The van der Waals surface area contributed by atoms with Crippen molar-refractivity contribution in [1.82, 2.24) is 4.98 Å². The summed E-state index contributed by atoms with van der Waals surface area (Å²) in [5.41, 5.74) is 0.625. The normalized spacial score (nSPS) is 10.2. The highest BCUT2D eigenvalue weighted by atomic mass is 127. The van der Waals surface area contributed by atoms with Gasteiger partial charge >= 0.3 is 5.97 Å². The number of rotatable bonds is 8. The molecule has 0 radical (unpaired) electrons. The number of nitrogens with zero attached hydrogens (tertiary/aromatic N) is 1. The van der Waals surface area contributed by atoms with Gasteiger partial charge in [-0.25, -0.2) is 4.79 Å². The summed E-state index contributed by atoms with van der Waals surface area (Å²) in [4.78, 5) is 15.7. The van der Waals surface area contributed by atoms with E-state index in [1.54, 1.807) is 18.3 Å². The van der Waals surface area contributed by atoms with Crippen LogP contribution in [-0.2, 0) is 6.61 Å². The van der Waals surface area contributed by atoms with E-state index in [1.807, 2.05) is 48.5 Å². The number of carbonyl (C=O) groups is 1. The van der Waals surface area contributed by atoms with Crippen molar-refractivity contribution in [3.05, 3.63) is 47.8 Å². The number of halogens is 2. The second-order valence-corrected chi connectivity index (χ2v) is 6.74. The van der Waals surface area contributed by atoms with Crippen molar-refractivity contribution in [3.8, 4) is 17.2 Å². The Hall–Kier alpha value is -0.600. The van der Waals surface area contributed by atoms with E-state index in [-0.39, 0.29) is 23.7 Å². The predicted molar refractivity (Wildman–Crippen MR) is 106 cm³/mol. The first-order chi connectivity index (χ1) is 11.2. The predicted octanol–water partition coefficient (Wildman–Crippen LogP) is 5.11. The van der Waals surface area contributed by atoms with E-state index in [1.165, 1.54) is 12.1 Å². The van der Waals surface area contributed by atoms with Crippen molar-refractivity contribution in [3.63, 3.8) is 0 Å². The fraction of sp³-hybridized carbons (Fsp3) is 0.0769. The summed E-state index contributed by atoms with van der Waals surface area (Å²) in [6.45, 7) is 0.138. The van der Waals surface area contributed by atoms with Gasteiger partial charge in [-0.15, -0.1) is 0 Å². The number of hydrogen-bond acceptors (Lipinski definition) is 7. The van der Waals surface area contributed by atoms with Crippen LogP contribution in [-0.4, -0.2) is 16.1 Å². The van der Waals surface area contributed by atoms with Crippen molar-refractivity contribution in [2.24, 2.45) is 0 Å². The van der Waals surface area contributed by atoms with E-state index in [0.29, 0.717) is 11.4 Å². The third kappa shape index (κ3) is 5.46. The van der Waals surface area contributed by atoms with Crippen LogP contribution in [0.25, 0.3) is 0 Å². The number of aromatic nitrogens is 1. The highest BCUT2D eigenvalue weighted by Gasteiger charge is 2.21. The maximum atomic E-state index is 11.6. The van der Waals surface area contributed by atoms with E-state index in [9.17, 15) is 9.90 Å². The molecule has 0 aliphatic carbocycles. The van der Waals surface area contributed by atoms with Crippen molar-refractivity contribution in [2.45, 2.75) is 6.61 Å². The Balaban J connectivity index is 2.35. The third-order valence-electron chi connectivity index (χ3n) is 2.60. The van der Waals surface area contributed by atoms with Gasteiger partial charge in [0.1, 0.15) is 42.1 Å². The van der Waals surface area contributed by atoms with E-state index in [4.69, 9.17) is 13.1 Å². The van der Waals surface area contributed by atoms with Gasteiger partial charge in [-0.2, -0.15) is 0 Å². The van der Waals surface area contributed by atoms with Crippen LogP contribution >= 0.6 is 60.8 Å². The second-order valence-electron chi connectivity index (χ2n) is 4.00. The molecule has 0 amide bonds. The van der Waals surface area contributed by atoms with Crippen LogP contribution in [0.3, 0.4) is 0 Å². The lowest BCUT2D eigenvalue weighted by molar-refractivity contribution is 0.0690. The van der Waals surface area contributed by atoms with Gasteiger partial charge in [0.2, 0.25) is 0 Å². The quantitative estimate of drug-likeness (QED) is 0.343. The number of ether oxygens (including phenoxy) is 1. The smallest absolute Gasteiger partial charge is 0.343 e. The fourth-order valence-electron chi connectivity index (χ4n) is 1.71. The topological polar surface area (TPSA) is 77.9 Å². The molecule has 1 aromatic heterocycles. The average Bonchev–Trinajstić information content (AvgIpc) is 2.54. The number of benzene rings is 1. The van der Waals surface area contributed by atoms with Crippen LogP contribution < -0.4 is 13.1 Å². The van der Waals surface area contributed by atoms with Gasteiger partial charge in [0, 0.05) is 60.7 Å². The van der Waals surface area contributed by atoms with Gasteiger partial charge in [0.25, 0.3) is 0 Å². The molecular weight excluding hydrogens is 568 g/mol. The molecule has 2 rings (SSSR count). The van der Waals surface area contributed by atoms with Gasteiger partial charge < -0.3 is 18.2 Å². The molecule has 0 aliphatic rings. The molecule has 0 unspecified atom stereocenters. The number of aromatic carboxylic acids is 1. The number of pyridine rings is 1. The lowest BCUT2D eigenvalue weighted by atomic mass is 10.1. The minimum atomic E-state index is -1.14. The van der Waals surface area contributed by atoms with Crippen molar-refractivity contribution < 1.29 is 23.0 Å². The van der Waals surface area contributed by atoms with E-state index >= 15 is 0 Å². The van der Waals surface area contributed by atoms with Gasteiger partial charge in [0.05, 0.1) is 5.69 Å². The van der Waals surface area contributed by atoms with Crippen LogP contribution in [0.2, 0.25) is 0 Å². The molecule has 1 heterocycles. The number of hydrogen-bond donors (Lipinski definition) is 1. The second kappa shape index (κ2) is 9.64. The Morgan fingerprint density at radius 2 is 1.91 bits per heavy atom. The van der Waals surface area contributed by atoms with Gasteiger partial charge in [0.15, 0.2) is 5.75 Å². The van der Waals surface area contributed by atoms with Gasteiger partial charge in [-0.3, -0.25) is 4.98 Å². The molecule has 6 nitrogen and oxygen atoms in total. The molecule has 1 aromatic carbocycles. The molecule has 1 N–H and O–H groups in total. The highest BCUT2D eigenvalue weighted by Crippen LogP contribution is 2.38. The summed E-state index contributed by atoms with van der Waals surface area (Å²) in [6, 6.07) is 8.44. The first-order valence-corrected chi connectivity index (χ1v) is 12.6. The summed E-state index contributed by atoms with van der Waals surface area (Å²) < 4.78 is 16.3. The largest absolute Gasteiger partial charge is 0.486 e. The van der Waals surface area contributed by atoms with E-state index in [2.05, 4.69) is 4.98 Å². The lowest BCUT2D eigenvalue weighted by Crippen LogP contribution is -2.06. The first-order valence-electron chi connectivity index (χ1n) is 6.00. The van der Waals surface area contributed by atoms with Crippen molar-refractivity contribution in [1.29, 1.82) is 0 Å². The zero-order chi connectivity index (χ0) is 16.7. The zero-order valence-electron chi connectivity index (χ0n) is 11.3. The highest BCUT2D eigenvalue weighted by molar-refractivity contribution is 14.2. The van der Waals surface area contributed by atoms with Crippen molar-refractivity contribution >= 4 is 66.8 Å². The summed E-state index contributed by atoms with van der Waals surface area (Å²) in [5.74, 6) is -0.386. The van der Waals surface area contributed by atoms with Crippen LogP contribution in [0, 0.1) is 0 Å². The summed E-state index contributed by atoms with van der Waals surface area (Å²) in [6.07, 6.45) is 1.64. The minimum absolute atomic E-state index is 0.0593. The van der Waals surface area contributed by atoms with Gasteiger partial charge in [-0.05, 0) is 12.1 Å². The molecule has 0 atom stereocenters. The standard InChI is InChI=1S/C13H9I2NO5S2/c14-22-20-9-5-10(19-7-8-3-1-2-4-16-8)12(13(17)18)11(6-9)21-23-15/h1-6H,7H2,(H,17,18). The zero-order valence-corrected chi connectivity index (χ0v) is 17.2. The fourth-order valence-corrected chi connectivity index (χ4v) is 3.28. The molecule has 0 spiro atoms. The molecule has 10 heteroatoms. The van der Waals surface area contributed by atoms with Crippen LogP contribution in [0.5, 0.6) is 17.2 Å². The van der Waals surface area contributed by atoms with E-state index < -0.39 is 5.97 Å². The Labute approximate surface area is 165 Å². The molecule has 23 heavy (non-hydrogen) atoms. The minimum Gasteiger partial charge on any atom is -0.486 e. The molecule has 2 aromatic rings. The van der Waals surface area contributed by atoms with Crippen molar-refractivity contribution in [2.75, 3.05) is 0 Å². The lowest BCUT2D eigenvalue weighted by Gasteiger charge is -2.13. The van der Waals surface area contributed by atoms with Crippen LogP contribution in [0.1, 0.15) is 16.1 Å². The number of carboxylic acid groups (broad SMARTS) is 1. The Kier molecular flexibility index (Phi) is 7.85. The monoisotopic (exact) mass is 577 g/mol. The maximum Gasteiger partial charge on any atom is 0.343 e. The first kappa shape index (κ1) is 18.7. The molecule has 0 saturated heterocycles. The molecule has 0 saturated carbocycles. The molecule has 122 valence electrons. The summed E-state index contributed by atoms with van der Waals surface area (Å²) in [5, 5.41) is 9.46. The Bertz CT molecular complexity index is 675. The molecule has 0 fully saturated rings. The van der Waals surface area contributed by atoms with Crippen LogP contribution in [0.4, 0.5) is 0 Å². The molecule has 0 bridgehead atoms. The average molecular weight is 577 g/mol. The molecule has 0 aliphatic heterocycles.